The molecule has 1 aromatic heterocycles. The number of nitrogens with zero attached hydrogens (tertiary/aromatic N) is 4. The van der Waals surface area contributed by atoms with E-state index >= 15 is 0 Å². The first-order valence-electron chi connectivity index (χ1n) is 9.84. The number of aliphatic hydroxyl groups excluding tert-OH is 1. The van der Waals surface area contributed by atoms with Crippen LogP contribution in [-0.2, 0) is 0 Å². The van der Waals surface area contributed by atoms with Gasteiger partial charge in [0.2, 0.25) is 5.95 Å². The Bertz CT molecular complexity index is 970. The molecule has 0 amide bonds. The summed E-state index contributed by atoms with van der Waals surface area (Å²) in [6.45, 7) is 15.3. The smallest absolute Gasteiger partial charge is 0.238 e. The minimum Gasteiger partial charge on any atom is -0.509 e. The van der Waals surface area contributed by atoms with E-state index in [1.807, 2.05) is 88.4 Å². The molecule has 3 aromatic rings. The lowest BCUT2D eigenvalue weighted by atomic mass is 10.2. The third-order valence-corrected chi connectivity index (χ3v) is 4.00. The van der Waals surface area contributed by atoms with Crippen molar-refractivity contribution < 1.29 is 5.11 Å². The number of allylic oxidation sites excluding steroid dienone is 3. The van der Waals surface area contributed by atoms with Crippen LogP contribution in [0.1, 0.15) is 27.7 Å². The Kier molecular flexibility index (Phi) is 8.06. The van der Waals surface area contributed by atoms with Gasteiger partial charge in [0.15, 0.2) is 11.6 Å². The minimum atomic E-state index is -0.0515. The van der Waals surface area contributed by atoms with E-state index in [1.54, 1.807) is 11.0 Å². The van der Waals surface area contributed by atoms with E-state index in [1.165, 1.54) is 0 Å². The predicted octanol–water partition coefficient (Wildman–Crippen LogP) is 6.55. The van der Waals surface area contributed by atoms with Gasteiger partial charge in [0, 0.05) is 22.5 Å². The highest BCUT2D eigenvalue weighted by Gasteiger charge is 2.18. The fourth-order valence-corrected chi connectivity index (χ4v) is 2.83. The Labute approximate surface area is 178 Å². The van der Waals surface area contributed by atoms with Crippen LogP contribution >= 0.6 is 0 Å². The molecule has 0 unspecified atom stereocenters. The summed E-state index contributed by atoms with van der Waals surface area (Å²) in [6.07, 6.45) is 1.54. The van der Waals surface area contributed by atoms with Crippen LogP contribution in [-0.4, -0.2) is 20.1 Å². The highest BCUT2D eigenvalue weighted by atomic mass is 16.3. The monoisotopic (exact) mass is 400 g/mol. The van der Waals surface area contributed by atoms with Crippen molar-refractivity contribution in [2.75, 3.05) is 4.90 Å². The van der Waals surface area contributed by atoms with Crippen LogP contribution in [0.15, 0.2) is 97.1 Å². The fraction of sp³-hybridized carbons (Fsp3) is 0.160. The van der Waals surface area contributed by atoms with Crippen LogP contribution in [0.5, 0.6) is 0 Å². The van der Waals surface area contributed by atoms with E-state index < -0.39 is 0 Å². The zero-order chi connectivity index (χ0) is 22.1. The molecule has 0 saturated heterocycles. The molecule has 0 aliphatic carbocycles. The maximum atomic E-state index is 9.59. The summed E-state index contributed by atoms with van der Waals surface area (Å²) in [4.78, 5) is 15.8. The first kappa shape index (κ1) is 22.6. The molecule has 0 aliphatic heterocycles. The van der Waals surface area contributed by atoms with Gasteiger partial charge < -0.3 is 5.11 Å². The van der Waals surface area contributed by atoms with Crippen molar-refractivity contribution in [1.82, 2.24) is 15.0 Å². The van der Waals surface area contributed by atoms with Gasteiger partial charge in [0.25, 0.3) is 0 Å². The van der Waals surface area contributed by atoms with Crippen LogP contribution in [0.3, 0.4) is 0 Å². The van der Waals surface area contributed by atoms with Crippen LogP contribution < -0.4 is 4.90 Å². The molecule has 0 atom stereocenters. The average Bonchev–Trinajstić information content (AvgIpc) is 2.75. The van der Waals surface area contributed by atoms with Gasteiger partial charge in [0.1, 0.15) is 5.76 Å². The molecule has 2 aromatic carbocycles. The molecular weight excluding hydrogens is 372 g/mol. The SMILES string of the molecule is C=C(O)/C=C(\C)N(C(=C)C)c1nc(-c2ccccc2)nc(-c2ccccc2)n1.CC. The highest BCUT2D eigenvalue weighted by molar-refractivity contribution is 5.64. The van der Waals surface area contributed by atoms with E-state index in [9.17, 15) is 5.11 Å². The van der Waals surface area contributed by atoms with Crippen LogP contribution in [0.4, 0.5) is 5.95 Å². The summed E-state index contributed by atoms with van der Waals surface area (Å²) in [5.74, 6) is 1.50. The van der Waals surface area contributed by atoms with Gasteiger partial charge in [-0.1, -0.05) is 87.7 Å². The van der Waals surface area contributed by atoms with Crippen molar-refractivity contribution in [1.29, 1.82) is 0 Å². The first-order valence-corrected chi connectivity index (χ1v) is 9.84. The number of aromatic nitrogens is 3. The Hall–Kier alpha value is -3.73. The summed E-state index contributed by atoms with van der Waals surface area (Å²) in [7, 11) is 0. The van der Waals surface area contributed by atoms with E-state index in [0.29, 0.717) is 29.0 Å². The van der Waals surface area contributed by atoms with Crippen LogP contribution in [0.25, 0.3) is 22.8 Å². The Morgan fingerprint density at radius 2 is 1.23 bits per heavy atom. The van der Waals surface area contributed by atoms with Gasteiger partial charge in [-0.15, -0.1) is 0 Å². The fourth-order valence-electron chi connectivity index (χ4n) is 2.83. The maximum absolute atomic E-state index is 9.59. The predicted molar refractivity (Wildman–Crippen MR) is 125 cm³/mol. The van der Waals surface area contributed by atoms with Crippen molar-refractivity contribution in [3.8, 4) is 22.8 Å². The van der Waals surface area contributed by atoms with Crippen molar-refractivity contribution in [2.24, 2.45) is 0 Å². The number of rotatable bonds is 6. The molecule has 5 nitrogen and oxygen atoms in total. The van der Waals surface area contributed by atoms with Gasteiger partial charge in [-0.3, -0.25) is 4.90 Å². The van der Waals surface area contributed by atoms with Gasteiger partial charge >= 0.3 is 0 Å². The Morgan fingerprint density at radius 3 is 1.60 bits per heavy atom. The van der Waals surface area contributed by atoms with Crippen molar-refractivity contribution in [3.63, 3.8) is 0 Å². The lowest BCUT2D eigenvalue weighted by Crippen LogP contribution is -2.21. The summed E-state index contributed by atoms with van der Waals surface area (Å²) in [5.41, 5.74) is 3.18. The number of benzene rings is 2. The second-order valence-electron chi connectivity index (χ2n) is 6.36. The van der Waals surface area contributed by atoms with Crippen molar-refractivity contribution >= 4 is 5.95 Å². The van der Waals surface area contributed by atoms with E-state index in [-0.39, 0.29) is 5.76 Å². The average molecular weight is 401 g/mol. The largest absolute Gasteiger partial charge is 0.509 e. The highest BCUT2D eigenvalue weighted by Crippen LogP contribution is 2.26. The quantitative estimate of drug-likeness (QED) is 0.376. The van der Waals surface area contributed by atoms with Gasteiger partial charge in [-0.05, 0) is 19.9 Å². The van der Waals surface area contributed by atoms with E-state index in [2.05, 4.69) is 28.1 Å². The Balaban J connectivity index is 0.00000155. The standard InChI is InChI=1S/C23H22N4O.C2H6/c1-16(2)27(17(3)15-18(4)28)23-25-21(19-11-7-5-8-12-19)24-22(26-23)20-13-9-6-10-14-20;1-2/h5-15,28H,1,4H2,2-3H3;1-2H3/b17-15+;. The zero-order valence-corrected chi connectivity index (χ0v) is 18.0. The van der Waals surface area contributed by atoms with E-state index in [4.69, 9.17) is 0 Å². The zero-order valence-electron chi connectivity index (χ0n) is 18.0. The summed E-state index contributed by atoms with van der Waals surface area (Å²) < 4.78 is 0. The molecule has 3 rings (SSSR count). The topological polar surface area (TPSA) is 62.1 Å². The normalized spacial score (nSPS) is 10.6. The van der Waals surface area contributed by atoms with Crippen molar-refractivity contribution in [2.45, 2.75) is 27.7 Å². The minimum absolute atomic E-state index is 0.0515. The molecule has 0 spiro atoms. The maximum Gasteiger partial charge on any atom is 0.238 e. The van der Waals surface area contributed by atoms with Crippen LogP contribution in [0.2, 0.25) is 0 Å². The molecule has 154 valence electrons. The third kappa shape index (κ3) is 5.64. The van der Waals surface area contributed by atoms with E-state index in [0.717, 1.165) is 11.1 Å². The molecule has 0 saturated carbocycles. The lowest BCUT2D eigenvalue weighted by Gasteiger charge is -2.24. The second-order valence-corrected chi connectivity index (χ2v) is 6.36. The number of anilines is 1. The van der Waals surface area contributed by atoms with Gasteiger partial charge in [0.05, 0.1) is 0 Å². The molecule has 0 fully saturated rings. The summed E-state index contributed by atoms with van der Waals surface area (Å²) in [6, 6.07) is 19.5. The van der Waals surface area contributed by atoms with Crippen molar-refractivity contribution in [3.05, 3.63) is 97.1 Å². The third-order valence-electron chi connectivity index (χ3n) is 4.00. The van der Waals surface area contributed by atoms with Gasteiger partial charge in [-0.2, -0.15) is 9.97 Å². The summed E-state index contributed by atoms with van der Waals surface area (Å²) >= 11 is 0. The van der Waals surface area contributed by atoms with Crippen LogP contribution in [0, 0.1) is 0 Å². The number of hydrogen-bond acceptors (Lipinski definition) is 5. The lowest BCUT2D eigenvalue weighted by molar-refractivity contribution is 0.434. The molecule has 0 radical (unpaired) electrons. The number of hydrogen-bond donors (Lipinski definition) is 1. The molecule has 0 bridgehead atoms. The molecule has 1 heterocycles. The second kappa shape index (κ2) is 10.7. The van der Waals surface area contributed by atoms with Gasteiger partial charge in [-0.25, -0.2) is 4.98 Å². The molecular formula is C25H28N4O. The first-order chi connectivity index (χ1) is 14.5. The molecule has 1 N–H and O–H groups in total. The number of aliphatic hydroxyl groups is 1. The molecule has 5 heteroatoms. The molecule has 0 aliphatic rings. The molecule has 30 heavy (non-hydrogen) atoms. The summed E-state index contributed by atoms with van der Waals surface area (Å²) in [5, 5.41) is 9.59. The Morgan fingerprint density at radius 1 is 0.800 bits per heavy atom.